The van der Waals surface area contributed by atoms with E-state index in [1.54, 1.807) is 0 Å². The summed E-state index contributed by atoms with van der Waals surface area (Å²) in [6.07, 6.45) is 2.87. The van der Waals surface area contributed by atoms with E-state index in [0.29, 0.717) is 18.3 Å². The molecule has 16 heavy (non-hydrogen) atoms. The highest BCUT2D eigenvalue weighted by atomic mass is 16.5. The van der Waals surface area contributed by atoms with Gasteiger partial charge in [0.2, 0.25) is 0 Å². The Morgan fingerprint density at radius 1 is 1.50 bits per heavy atom. The van der Waals surface area contributed by atoms with Gasteiger partial charge in [0.05, 0.1) is 7.11 Å². The maximum atomic E-state index is 11.6. The summed E-state index contributed by atoms with van der Waals surface area (Å²) in [5.41, 5.74) is 0. The molecule has 2 unspecified atom stereocenters. The van der Waals surface area contributed by atoms with E-state index >= 15 is 0 Å². The van der Waals surface area contributed by atoms with Gasteiger partial charge in [0, 0.05) is 12.6 Å². The van der Waals surface area contributed by atoms with E-state index in [1.165, 1.54) is 7.11 Å². The fourth-order valence-electron chi connectivity index (χ4n) is 1.93. The van der Waals surface area contributed by atoms with Gasteiger partial charge in [-0.05, 0) is 31.1 Å². The van der Waals surface area contributed by atoms with Gasteiger partial charge < -0.3 is 15.2 Å². The lowest BCUT2D eigenvalue weighted by molar-refractivity contribution is -0.144. The molecule has 1 saturated carbocycles. The van der Waals surface area contributed by atoms with E-state index in [9.17, 15) is 4.79 Å². The summed E-state index contributed by atoms with van der Waals surface area (Å²) in [5, 5.41) is 12.3. The van der Waals surface area contributed by atoms with E-state index in [2.05, 4.69) is 19.2 Å². The van der Waals surface area contributed by atoms with Crippen molar-refractivity contribution in [1.82, 2.24) is 5.32 Å². The number of carbonyl (C=O) groups is 1. The second kappa shape index (κ2) is 6.21. The van der Waals surface area contributed by atoms with Crippen molar-refractivity contribution in [3.63, 3.8) is 0 Å². The van der Waals surface area contributed by atoms with Crippen molar-refractivity contribution in [2.75, 3.05) is 13.7 Å². The molecule has 1 aliphatic rings. The fourth-order valence-corrected chi connectivity index (χ4v) is 1.93. The molecular weight excluding hydrogens is 206 g/mol. The monoisotopic (exact) mass is 229 g/mol. The number of aliphatic hydroxyl groups excluding tert-OH is 1. The quantitative estimate of drug-likeness (QED) is 0.638. The topological polar surface area (TPSA) is 58.6 Å². The molecule has 0 spiro atoms. The first-order chi connectivity index (χ1) is 7.60. The second-order valence-corrected chi connectivity index (χ2v) is 4.87. The van der Waals surface area contributed by atoms with Crippen molar-refractivity contribution < 1.29 is 14.6 Å². The minimum atomic E-state index is -0.191. The first-order valence-corrected chi connectivity index (χ1v) is 6.04. The Hall–Kier alpha value is -0.610. The van der Waals surface area contributed by atoms with E-state index in [0.717, 1.165) is 12.8 Å². The summed E-state index contributed by atoms with van der Waals surface area (Å²) in [6.45, 7) is 4.33. The van der Waals surface area contributed by atoms with Gasteiger partial charge in [-0.15, -0.1) is 0 Å². The Balaban J connectivity index is 2.54. The number of rotatable bonds is 7. The van der Waals surface area contributed by atoms with Crippen molar-refractivity contribution in [3.05, 3.63) is 0 Å². The van der Waals surface area contributed by atoms with Crippen LogP contribution in [-0.4, -0.2) is 36.9 Å². The zero-order valence-electron chi connectivity index (χ0n) is 10.4. The number of ether oxygens (including phenoxy) is 1. The Morgan fingerprint density at radius 3 is 2.50 bits per heavy atom. The van der Waals surface area contributed by atoms with Crippen LogP contribution in [0.4, 0.5) is 0 Å². The number of nitrogens with one attached hydrogen (secondary N) is 1. The Bertz CT molecular complexity index is 226. The lowest BCUT2D eigenvalue weighted by Crippen LogP contribution is -2.47. The second-order valence-electron chi connectivity index (χ2n) is 4.87. The highest BCUT2D eigenvalue weighted by molar-refractivity contribution is 5.76. The van der Waals surface area contributed by atoms with Crippen molar-refractivity contribution in [3.8, 4) is 0 Å². The molecular formula is C12H23NO3. The van der Waals surface area contributed by atoms with Gasteiger partial charge in [0.15, 0.2) is 0 Å². The van der Waals surface area contributed by atoms with Gasteiger partial charge in [-0.2, -0.15) is 0 Å². The maximum absolute atomic E-state index is 11.6. The van der Waals surface area contributed by atoms with Crippen LogP contribution in [0.15, 0.2) is 0 Å². The number of hydrogen-bond donors (Lipinski definition) is 2. The van der Waals surface area contributed by atoms with E-state index in [4.69, 9.17) is 9.84 Å². The third-order valence-electron chi connectivity index (χ3n) is 3.19. The molecule has 0 heterocycles. The molecule has 0 aromatic rings. The average molecular weight is 229 g/mol. The van der Waals surface area contributed by atoms with Crippen LogP contribution in [0.2, 0.25) is 0 Å². The lowest BCUT2D eigenvalue weighted by Gasteiger charge is -2.26. The Morgan fingerprint density at radius 2 is 2.12 bits per heavy atom. The van der Waals surface area contributed by atoms with Crippen LogP contribution in [0.1, 0.15) is 33.1 Å². The summed E-state index contributed by atoms with van der Waals surface area (Å²) in [6, 6.07) is -0.0151. The molecule has 0 aliphatic heterocycles. The molecule has 1 rings (SSSR count). The SMILES string of the molecule is COC(=O)C(NC(CCO)C(C)C)C1CC1. The zero-order valence-corrected chi connectivity index (χ0v) is 10.4. The summed E-state index contributed by atoms with van der Waals surface area (Å²) in [7, 11) is 1.43. The molecule has 0 radical (unpaired) electrons. The normalized spacial score (nSPS) is 19.6. The smallest absolute Gasteiger partial charge is 0.323 e. The van der Waals surface area contributed by atoms with Crippen molar-refractivity contribution >= 4 is 5.97 Å². The third-order valence-corrected chi connectivity index (χ3v) is 3.19. The van der Waals surface area contributed by atoms with E-state index < -0.39 is 0 Å². The lowest BCUT2D eigenvalue weighted by atomic mass is 9.99. The zero-order chi connectivity index (χ0) is 12.1. The first-order valence-electron chi connectivity index (χ1n) is 6.04. The van der Waals surface area contributed by atoms with Gasteiger partial charge in [0.1, 0.15) is 6.04 Å². The molecule has 1 aliphatic carbocycles. The molecule has 0 amide bonds. The van der Waals surface area contributed by atoms with Gasteiger partial charge in [-0.25, -0.2) is 0 Å². The van der Waals surface area contributed by atoms with Crippen molar-refractivity contribution in [1.29, 1.82) is 0 Å². The van der Waals surface area contributed by atoms with Crippen LogP contribution in [-0.2, 0) is 9.53 Å². The molecule has 4 heteroatoms. The summed E-state index contributed by atoms with van der Waals surface area (Å²) < 4.78 is 4.81. The van der Waals surface area contributed by atoms with E-state index in [1.807, 2.05) is 0 Å². The van der Waals surface area contributed by atoms with Crippen LogP contribution in [0.3, 0.4) is 0 Å². The van der Waals surface area contributed by atoms with Gasteiger partial charge in [0.25, 0.3) is 0 Å². The first kappa shape index (κ1) is 13.5. The molecule has 1 fully saturated rings. The maximum Gasteiger partial charge on any atom is 0.323 e. The molecule has 0 bridgehead atoms. The molecule has 2 atom stereocenters. The molecule has 94 valence electrons. The van der Waals surface area contributed by atoms with E-state index in [-0.39, 0.29) is 24.7 Å². The number of methoxy groups -OCH3 is 1. The molecule has 4 nitrogen and oxygen atoms in total. The molecule has 0 aromatic carbocycles. The largest absolute Gasteiger partial charge is 0.468 e. The highest BCUT2D eigenvalue weighted by Gasteiger charge is 2.38. The van der Waals surface area contributed by atoms with Crippen LogP contribution in [0.25, 0.3) is 0 Å². The molecule has 0 saturated heterocycles. The number of carbonyl (C=O) groups excluding carboxylic acids is 1. The average Bonchev–Trinajstić information content (AvgIpc) is 3.06. The minimum Gasteiger partial charge on any atom is -0.468 e. The highest BCUT2D eigenvalue weighted by Crippen LogP contribution is 2.33. The number of aliphatic hydroxyl groups is 1. The third kappa shape index (κ3) is 3.76. The summed E-state index contributed by atoms with van der Waals surface area (Å²) >= 11 is 0. The predicted molar refractivity (Wildman–Crippen MR) is 62.0 cm³/mol. The molecule has 2 N–H and O–H groups in total. The van der Waals surface area contributed by atoms with Crippen LogP contribution < -0.4 is 5.32 Å². The number of esters is 1. The summed E-state index contributed by atoms with van der Waals surface area (Å²) in [4.78, 5) is 11.6. The Kier molecular flexibility index (Phi) is 5.22. The van der Waals surface area contributed by atoms with Gasteiger partial charge >= 0.3 is 5.97 Å². The number of hydrogen-bond acceptors (Lipinski definition) is 4. The fraction of sp³-hybridized carbons (Fsp3) is 0.917. The standard InChI is InChI=1S/C12H23NO3/c1-8(2)10(6-7-14)13-11(9-4-5-9)12(15)16-3/h8-11,13-14H,4-7H2,1-3H3. The summed E-state index contributed by atoms with van der Waals surface area (Å²) in [5.74, 6) is 0.650. The van der Waals surface area contributed by atoms with Crippen molar-refractivity contribution in [2.24, 2.45) is 11.8 Å². The Labute approximate surface area is 97.4 Å². The molecule has 0 aromatic heterocycles. The predicted octanol–water partition coefficient (Wildman–Crippen LogP) is 0.935. The van der Waals surface area contributed by atoms with Crippen LogP contribution >= 0.6 is 0 Å². The van der Waals surface area contributed by atoms with Crippen LogP contribution in [0, 0.1) is 11.8 Å². The minimum absolute atomic E-state index is 0.147. The van der Waals surface area contributed by atoms with Gasteiger partial charge in [-0.3, -0.25) is 4.79 Å². The van der Waals surface area contributed by atoms with Crippen molar-refractivity contribution in [2.45, 2.75) is 45.2 Å². The van der Waals surface area contributed by atoms with Crippen LogP contribution in [0.5, 0.6) is 0 Å². The van der Waals surface area contributed by atoms with Gasteiger partial charge in [-0.1, -0.05) is 13.8 Å².